The van der Waals surface area contributed by atoms with Crippen LogP contribution in [0.5, 0.6) is 0 Å². The number of hydrogen-bond donors (Lipinski definition) is 0. The summed E-state index contributed by atoms with van der Waals surface area (Å²) in [5.41, 5.74) is 1.39. The van der Waals surface area contributed by atoms with Crippen molar-refractivity contribution in [1.82, 2.24) is 4.98 Å². The van der Waals surface area contributed by atoms with Crippen molar-refractivity contribution in [3.8, 4) is 0 Å². The summed E-state index contributed by atoms with van der Waals surface area (Å²) in [6.07, 6.45) is 5.26. The molecule has 0 aliphatic carbocycles. The second kappa shape index (κ2) is 5.08. The topological polar surface area (TPSA) is 12.9 Å². The van der Waals surface area contributed by atoms with Gasteiger partial charge >= 0.3 is 0 Å². The SMILES string of the molecule is CCc1cnc(CCc2ccccc2)s1. The Bertz CT molecular complexity index is 405. The van der Waals surface area contributed by atoms with Gasteiger partial charge in [0.25, 0.3) is 0 Å². The first kappa shape index (κ1) is 10.4. The molecular weight excluding hydrogens is 202 g/mol. The highest BCUT2D eigenvalue weighted by Crippen LogP contribution is 2.15. The second-order valence-corrected chi connectivity index (χ2v) is 4.76. The molecule has 0 fully saturated rings. The summed E-state index contributed by atoms with van der Waals surface area (Å²) in [7, 11) is 0. The van der Waals surface area contributed by atoms with Crippen molar-refractivity contribution >= 4 is 11.3 Å². The summed E-state index contributed by atoms with van der Waals surface area (Å²) in [6, 6.07) is 10.6. The molecule has 0 atom stereocenters. The van der Waals surface area contributed by atoms with Gasteiger partial charge in [0.05, 0.1) is 5.01 Å². The maximum absolute atomic E-state index is 4.42. The van der Waals surface area contributed by atoms with Gasteiger partial charge in [-0.25, -0.2) is 4.98 Å². The highest BCUT2D eigenvalue weighted by atomic mass is 32.1. The Hall–Kier alpha value is -1.15. The fourth-order valence-corrected chi connectivity index (χ4v) is 2.38. The van der Waals surface area contributed by atoms with Crippen molar-refractivity contribution in [2.45, 2.75) is 26.2 Å². The van der Waals surface area contributed by atoms with Gasteiger partial charge in [-0.1, -0.05) is 37.3 Å². The Kier molecular flexibility index (Phi) is 3.51. The lowest BCUT2D eigenvalue weighted by molar-refractivity contribution is 0.943. The number of rotatable bonds is 4. The maximum atomic E-state index is 4.42. The molecule has 0 amide bonds. The summed E-state index contributed by atoms with van der Waals surface area (Å²) in [5, 5.41) is 1.26. The first-order valence-electron chi connectivity index (χ1n) is 5.36. The molecule has 0 spiro atoms. The van der Waals surface area contributed by atoms with Crippen molar-refractivity contribution in [3.63, 3.8) is 0 Å². The lowest BCUT2D eigenvalue weighted by atomic mass is 10.1. The average molecular weight is 217 g/mol. The summed E-state index contributed by atoms with van der Waals surface area (Å²) >= 11 is 1.84. The highest BCUT2D eigenvalue weighted by molar-refractivity contribution is 7.11. The Morgan fingerprint density at radius 1 is 1.13 bits per heavy atom. The maximum Gasteiger partial charge on any atom is 0.0930 e. The minimum absolute atomic E-state index is 1.06. The molecule has 0 unspecified atom stereocenters. The molecule has 0 radical (unpaired) electrons. The van der Waals surface area contributed by atoms with Crippen LogP contribution >= 0.6 is 11.3 Å². The van der Waals surface area contributed by atoms with Gasteiger partial charge in [-0.2, -0.15) is 0 Å². The van der Waals surface area contributed by atoms with Crippen molar-refractivity contribution < 1.29 is 0 Å². The number of benzene rings is 1. The van der Waals surface area contributed by atoms with Crippen LogP contribution < -0.4 is 0 Å². The first-order valence-corrected chi connectivity index (χ1v) is 6.17. The predicted octanol–water partition coefficient (Wildman–Crippen LogP) is 3.49. The van der Waals surface area contributed by atoms with Crippen LogP contribution in [-0.2, 0) is 19.3 Å². The van der Waals surface area contributed by atoms with Gasteiger partial charge in [0.15, 0.2) is 0 Å². The number of aryl methyl sites for hydroxylation is 3. The fraction of sp³-hybridized carbons (Fsp3) is 0.308. The molecule has 1 nitrogen and oxygen atoms in total. The molecule has 0 N–H and O–H groups in total. The van der Waals surface area contributed by atoms with E-state index in [4.69, 9.17) is 0 Å². The molecule has 2 heteroatoms. The van der Waals surface area contributed by atoms with E-state index in [1.807, 2.05) is 17.5 Å². The molecule has 15 heavy (non-hydrogen) atoms. The van der Waals surface area contributed by atoms with Crippen LogP contribution in [-0.4, -0.2) is 4.98 Å². The lowest BCUT2D eigenvalue weighted by Crippen LogP contribution is -1.89. The molecule has 0 saturated carbocycles. The molecule has 1 aromatic heterocycles. The predicted molar refractivity (Wildman–Crippen MR) is 65.3 cm³/mol. The number of thiazole rings is 1. The van der Waals surface area contributed by atoms with E-state index in [0.29, 0.717) is 0 Å². The number of aromatic nitrogens is 1. The molecule has 0 saturated heterocycles. The Labute approximate surface area is 94.8 Å². The van der Waals surface area contributed by atoms with Crippen molar-refractivity contribution in [3.05, 3.63) is 52.0 Å². The van der Waals surface area contributed by atoms with Gasteiger partial charge in [0.2, 0.25) is 0 Å². The third-order valence-electron chi connectivity index (χ3n) is 2.42. The average Bonchev–Trinajstić information content (AvgIpc) is 2.76. The van der Waals surface area contributed by atoms with Crippen molar-refractivity contribution in [2.75, 3.05) is 0 Å². The quantitative estimate of drug-likeness (QED) is 0.764. The molecule has 1 heterocycles. The van der Waals surface area contributed by atoms with E-state index in [2.05, 4.69) is 42.2 Å². The monoisotopic (exact) mass is 217 g/mol. The molecule has 0 bridgehead atoms. The van der Waals surface area contributed by atoms with Crippen LogP contribution in [0.1, 0.15) is 22.4 Å². The van der Waals surface area contributed by atoms with E-state index in [0.717, 1.165) is 19.3 Å². The zero-order valence-corrected chi connectivity index (χ0v) is 9.76. The van der Waals surface area contributed by atoms with Crippen LogP contribution in [0.3, 0.4) is 0 Å². The van der Waals surface area contributed by atoms with Gasteiger partial charge in [-0.15, -0.1) is 11.3 Å². The Morgan fingerprint density at radius 2 is 1.93 bits per heavy atom. The lowest BCUT2D eigenvalue weighted by Gasteiger charge is -1.97. The third-order valence-corrected chi connectivity index (χ3v) is 3.62. The van der Waals surface area contributed by atoms with Gasteiger partial charge in [0, 0.05) is 17.5 Å². The minimum atomic E-state index is 1.06. The number of hydrogen-bond acceptors (Lipinski definition) is 2. The standard InChI is InChI=1S/C13H15NS/c1-2-12-10-14-13(15-12)9-8-11-6-4-3-5-7-11/h3-7,10H,2,8-9H2,1H3. The van der Waals surface area contributed by atoms with E-state index in [-0.39, 0.29) is 0 Å². The smallest absolute Gasteiger partial charge is 0.0930 e. The van der Waals surface area contributed by atoms with E-state index in [1.165, 1.54) is 15.4 Å². The first-order chi connectivity index (χ1) is 7.38. The molecule has 1 aromatic carbocycles. The van der Waals surface area contributed by atoms with Crippen molar-refractivity contribution in [1.29, 1.82) is 0 Å². The van der Waals surface area contributed by atoms with Gasteiger partial charge < -0.3 is 0 Å². The summed E-state index contributed by atoms with van der Waals surface area (Å²) < 4.78 is 0. The summed E-state index contributed by atoms with van der Waals surface area (Å²) in [5.74, 6) is 0. The molecule has 0 aliphatic heterocycles. The van der Waals surface area contributed by atoms with Crippen LogP contribution in [0.4, 0.5) is 0 Å². The Morgan fingerprint density at radius 3 is 2.60 bits per heavy atom. The van der Waals surface area contributed by atoms with Gasteiger partial charge in [-0.3, -0.25) is 0 Å². The van der Waals surface area contributed by atoms with E-state index in [9.17, 15) is 0 Å². The van der Waals surface area contributed by atoms with Crippen molar-refractivity contribution in [2.24, 2.45) is 0 Å². The van der Waals surface area contributed by atoms with Gasteiger partial charge in [-0.05, 0) is 18.4 Å². The molecule has 2 aromatic rings. The molecular formula is C13H15NS. The molecule has 0 aliphatic rings. The fourth-order valence-electron chi connectivity index (χ4n) is 1.52. The van der Waals surface area contributed by atoms with Gasteiger partial charge in [0.1, 0.15) is 0 Å². The van der Waals surface area contributed by atoms with E-state index in [1.54, 1.807) is 0 Å². The van der Waals surface area contributed by atoms with E-state index >= 15 is 0 Å². The Balaban J connectivity index is 1.93. The largest absolute Gasteiger partial charge is 0.249 e. The minimum Gasteiger partial charge on any atom is -0.249 e. The van der Waals surface area contributed by atoms with Crippen LogP contribution in [0.15, 0.2) is 36.5 Å². The normalized spacial score (nSPS) is 10.5. The van der Waals surface area contributed by atoms with Crippen LogP contribution in [0.2, 0.25) is 0 Å². The summed E-state index contributed by atoms with van der Waals surface area (Å²) in [6.45, 7) is 2.18. The van der Waals surface area contributed by atoms with E-state index < -0.39 is 0 Å². The summed E-state index contributed by atoms with van der Waals surface area (Å²) in [4.78, 5) is 5.81. The number of nitrogens with zero attached hydrogens (tertiary/aromatic N) is 1. The van der Waals surface area contributed by atoms with Crippen LogP contribution in [0, 0.1) is 0 Å². The molecule has 78 valence electrons. The highest BCUT2D eigenvalue weighted by Gasteiger charge is 2.00. The van der Waals surface area contributed by atoms with Crippen LogP contribution in [0.25, 0.3) is 0 Å². The second-order valence-electron chi connectivity index (χ2n) is 3.56. The third kappa shape index (κ3) is 2.90. The zero-order chi connectivity index (χ0) is 10.5. The molecule has 2 rings (SSSR count). The zero-order valence-electron chi connectivity index (χ0n) is 8.94.